The van der Waals surface area contributed by atoms with Crippen LogP contribution in [0.15, 0.2) is 42.5 Å². The Morgan fingerprint density at radius 3 is 2.29 bits per heavy atom. The van der Waals surface area contributed by atoms with Crippen LogP contribution in [-0.2, 0) is 15.1 Å². The molecular weight excluding hydrogens is 471 g/mol. The van der Waals surface area contributed by atoms with Gasteiger partial charge in [0.05, 0.1) is 20.3 Å². The minimum atomic E-state index is -4.86. The number of nitrogens with zero attached hydrogens (tertiary/aromatic N) is 1. The second-order valence-electron chi connectivity index (χ2n) is 7.92. The van der Waals surface area contributed by atoms with Gasteiger partial charge in [-0.1, -0.05) is 12.1 Å². The minimum absolute atomic E-state index is 0.225. The number of hydrogen-bond acceptors (Lipinski definition) is 6. The average Bonchev–Trinajstić information content (AvgIpc) is 3.01. The lowest BCUT2D eigenvalue weighted by atomic mass is 9.92. The Bertz CT molecular complexity index is 1120. The number of methoxy groups -OCH3 is 2. The summed E-state index contributed by atoms with van der Waals surface area (Å²) in [6.07, 6.45) is -4.86. The molecule has 9 nitrogen and oxygen atoms in total. The molecule has 1 heterocycles. The van der Waals surface area contributed by atoms with Gasteiger partial charge < -0.3 is 24.8 Å². The van der Waals surface area contributed by atoms with Crippen molar-refractivity contribution < 1.29 is 41.8 Å². The van der Waals surface area contributed by atoms with Crippen LogP contribution in [0.5, 0.6) is 17.2 Å². The van der Waals surface area contributed by atoms with Crippen molar-refractivity contribution in [2.24, 2.45) is 0 Å². The van der Waals surface area contributed by atoms with E-state index >= 15 is 0 Å². The summed E-state index contributed by atoms with van der Waals surface area (Å²) < 4.78 is 51.5. The summed E-state index contributed by atoms with van der Waals surface area (Å²) in [6, 6.07) is 8.27. The summed E-state index contributed by atoms with van der Waals surface area (Å²) in [5.41, 5.74) is -0.721. The van der Waals surface area contributed by atoms with E-state index in [2.05, 4.69) is 15.4 Å². The zero-order valence-corrected chi connectivity index (χ0v) is 19.4. The van der Waals surface area contributed by atoms with E-state index in [9.17, 15) is 27.6 Å². The number of ether oxygens (including phenoxy) is 3. The van der Waals surface area contributed by atoms with Crippen molar-refractivity contribution in [1.82, 2.24) is 15.5 Å². The maximum absolute atomic E-state index is 13.0. The number of rotatable bonds is 8. The van der Waals surface area contributed by atoms with Crippen LogP contribution >= 0.6 is 0 Å². The second-order valence-corrected chi connectivity index (χ2v) is 7.92. The summed E-state index contributed by atoms with van der Waals surface area (Å²) in [5.74, 6) is -0.741. The van der Waals surface area contributed by atoms with E-state index in [1.165, 1.54) is 33.3 Å². The maximum atomic E-state index is 13.0. The molecule has 1 fully saturated rings. The number of benzene rings is 2. The standard InChI is InChI=1S/C23H24F3N3O6/c1-13(17-11-16(33-3)9-10-18(17)34-4)27-19(30)12-29-20(31)22(2,28-21(29)32)14-5-7-15(8-6-14)35-23(24,25)26/h5-11,13H,12H2,1-4H3,(H,27,30)(H,28,32). The van der Waals surface area contributed by atoms with E-state index in [1.807, 2.05) is 0 Å². The van der Waals surface area contributed by atoms with E-state index in [-0.39, 0.29) is 5.56 Å². The number of amides is 4. The Hall–Kier alpha value is -3.96. The van der Waals surface area contributed by atoms with Gasteiger partial charge in [0.2, 0.25) is 5.91 Å². The number of imide groups is 1. The topological polar surface area (TPSA) is 106 Å². The van der Waals surface area contributed by atoms with Crippen LogP contribution in [0, 0.1) is 0 Å². The third kappa shape index (κ3) is 5.58. The lowest BCUT2D eigenvalue weighted by Gasteiger charge is -2.23. The molecule has 2 unspecified atom stereocenters. The van der Waals surface area contributed by atoms with Gasteiger partial charge in [0.15, 0.2) is 0 Å². The Kier molecular flexibility index (Phi) is 7.13. The minimum Gasteiger partial charge on any atom is -0.497 e. The highest BCUT2D eigenvalue weighted by Crippen LogP contribution is 2.32. The first kappa shape index (κ1) is 25.7. The summed E-state index contributed by atoms with van der Waals surface area (Å²) in [6.45, 7) is 2.54. The predicted molar refractivity (Wildman–Crippen MR) is 117 cm³/mol. The molecular formula is C23H24F3N3O6. The van der Waals surface area contributed by atoms with E-state index in [0.717, 1.165) is 17.0 Å². The molecule has 0 bridgehead atoms. The van der Waals surface area contributed by atoms with E-state index in [0.29, 0.717) is 17.1 Å². The van der Waals surface area contributed by atoms with Crippen molar-refractivity contribution in [1.29, 1.82) is 0 Å². The number of carbonyl (C=O) groups excluding carboxylic acids is 3. The molecule has 0 spiro atoms. The fourth-order valence-corrected chi connectivity index (χ4v) is 3.71. The van der Waals surface area contributed by atoms with Crippen LogP contribution in [-0.4, -0.2) is 49.9 Å². The van der Waals surface area contributed by atoms with Gasteiger partial charge in [0.25, 0.3) is 5.91 Å². The first-order valence-corrected chi connectivity index (χ1v) is 10.4. The Morgan fingerprint density at radius 2 is 1.71 bits per heavy atom. The van der Waals surface area contributed by atoms with Crippen molar-refractivity contribution in [2.75, 3.05) is 20.8 Å². The summed E-state index contributed by atoms with van der Waals surface area (Å²) >= 11 is 0. The van der Waals surface area contributed by atoms with Gasteiger partial charge in [-0.15, -0.1) is 13.2 Å². The highest BCUT2D eigenvalue weighted by molar-refractivity contribution is 6.09. The van der Waals surface area contributed by atoms with Gasteiger partial charge in [0, 0.05) is 5.56 Å². The van der Waals surface area contributed by atoms with E-state index in [1.54, 1.807) is 25.1 Å². The molecule has 12 heteroatoms. The van der Waals surface area contributed by atoms with Crippen LogP contribution < -0.4 is 24.8 Å². The monoisotopic (exact) mass is 495 g/mol. The molecule has 0 aromatic heterocycles. The molecule has 2 N–H and O–H groups in total. The molecule has 35 heavy (non-hydrogen) atoms. The number of halogens is 3. The van der Waals surface area contributed by atoms with Gasteiger partial charge >= 0.3 is 12.4 Å². The van der Waals surface area contributed by atoms with E-state index in [4.69, 9.17) is 9.47 Å². The second kappa shape index (κ2) is 9.72. The third-order valence-electron chi connectivity index (χ3n) is 5.52. The van der Waals surface area contributed by atoms with Gasteiger partial charge in [0.1, 0.15) is 29.3 Å². The molecule has 3 rings (SSSR count). The SMILES string of the molecule is COc1ccc(OC)c(C(C)NC(=O)CN2C(=O)NC(C)(c3ccc(OC(F)(F)F)cc3)C2=O)c1. The van der Waals surface area contributed by atoms with Crippen LogP contribution in [0.2, 0.25) is 0 Å². The highest BCUT2D eigenvalue weighted by atomic mass is 19.4. The van der Waals surface area contributed by atoms with Gasteiger partial charge in [-0.2, -0.15) is 0 Å². The number of hydrogen-bond donors (Lipinski definition) is 2. The predicted octanol–water partition coefficient (Wildman–Crippen LogP) is 3.25. The fourth-order valence-electron chi connectivity index (χ4n) is 3.71. The summed E-state index contributed by atoms with van der Waals surface area (Å²) in [7, 11) is 2.98. The van der Waals surface area contributed by atoms with Crippen molar-refractivity contribution in [3.05, 3.63) is 53.6 Å². The molecule has 0 aliphatic carbocycles. The molecule has 0 radical (unpaired) electrons. The largest absolute Gasteiger partial charge is 0.573 e. The Balaban J connectivity index is 1.71. The number of alkyl halides is 3. The molecule has 0 saturated carbocycles. The normalized spacial score (nSPS) is 18.7. The van der Waals surface area contributed by atoms with Crippen LogP contribution in [0.4, 0.5) is 18.0 Å². The number of urea groups is 1. The molecule has 2 aromatic rings. The third-order valence-corrected chi connectivity index (χ3v) is 5.52. The van der Waals surface area contributed by atoms with Crippen molar-refractivity contribution in [2.45, 2.75) is 31.8 Å². The lowest BCUT2D eigenvalue weighted by Crippen LogP contribution is -2.43. The summed E-state index contributed by atoms with van der Waals surface area (Å²) in [4.78, 5) is 39.0. The van der Waals surface area contributed by atoms with Crippen molar-refractivity contribution in [3.63, 3.8) is 0 Å². The van der Waals surface area contributed by atoms with Crippen LogP contribution in [0.3, 0.4) is 0 Å². The number of carbonyl (C=O) groups is 3. The Labute approximate surface area is 199 Å². The molecule has 4 amide bonds. The molecule has 1 saturated heterocycles. The average molecular weight is 495 g/mol. The first-order valence-electron chi connectivity index (χ1n) is 10.4. The summed E-state index contributed by atoms with van der Waals surface area (Å²) in [5, 5.41) is 5.21. The van der Waals surface area contributed by atoms with Gasteiger partial charge in [-0.25, -0.2) is 4.79 Å². The zero-order valence-electron chi connectivity index (χ0n) is 19.4. The highest BCUT2D eigenvalue weighted by Gasteiger charge is 2.49. The smallest absolute Gasteiger partial charge is 0.497 e. The van der Waals surface area contributed by atoms with Crippen LogP contribution in [0.1, 0.15) is 31.0 Å². The Morgan fingerprint density at radius 1 is 1.09 bits per heavy atom. The molecule has 2 aromatic carbocycles. The lowest BCUT2D eigenvalue weighted by molar-refractivity contribution is -0.274. The molecule has 188 valence electrons. The molecule has 2 atom stereocenters. The molecule has 1 aliphatic heterocycles. The van der Waals surface area contributed by atoms with Crippen molar-refractivity contribution >= 4 is 17.8 Å². The van der Waals surface area contributed by atoms with E-state index < -0.39 is 48.1 Å². The maximum Gasteiger partial charge on any atom is 0.573 e. The van der Waals surface area contributed by atoms with Gasteiger partial charge in [-0.3, -0.25) is 14.5 Å². The quantitative estimate of drug-likeness (QED) is 0.545. The van der Waals surface area contributed by atoms with Crippen LogP contribution in [0.25, 0.3) is 0 Å². The fraction of sp³-hybridized carbons (Fsp3) is 0.348. The number of nitrogens with one attached hydrogen (secondary N) is 2. The van der Waals surface area contributed by atoms with Gasteiger partial charge in [-0.05, 0) is 49.7 Å². The zero-order chi connectivity index (χ0) is 26.0. The van der Waals surface area contributed by atoms with Crippen molar-refractivity contribution in [3.8, 4) is 17.2 Å². The molecule has 1 aliphatic rings. The first-order chi connectivity index (χ1) is 16.4.